The maximum absolute atomic E-state index is 10.6. The molecule has 0 aliphatic carbocycles. The lowest BCUT2D eigenvalue weighted by molar-refractivity contribution is -0.109. The lowest BCUT2D eigenvalue weighted by Gasteiger charge is -1.97. The van der Waals surface area contributed by atoms with Crippen LogP contribution in [0.25, 0.3) is 0 Å². The summed E-state index contributed by atoms with van der Waals surface area (Å²) in [6.07, 6.45) is 0. The molecule has 0 aliphatic heterocycles. The predicted molar refractivity (Wildman–Crippen MR) is 62.9 cm³/mol. The summed E-state index contributed by atoms with van der Waals surface area (Å²) in [5.41, 5.74) is 1.66. The first-order valence-corrected chi connectivity index (χ1v) is 5.50. The van der Waals surface area contributed by atoms with Gasteiger partial charge in [0.15, 0.2) is 5.12 Å². The highest BCUT2D eigenvalue weighted by molar-refractivity contribution is 8.13. The molecule has 0 aliphatic rings. The maximum atomic E-state index is 10.6. The van der Waals surface area contributed by atoms with Gasteiger partial charge in [-0.2, -0.15) is 0 Å². The smallest absolute Gasteiger partial charge is 0.186 e. The SMILES string of the molecule is CC(=O)SCC#Cc1cc(C)ccc1O. The second kappa shape index (κ2) is 5.47. The van der Waals surface area contributed by atoms with Crippen LogP contribution in [0.3, 0.4) is 0 Å². The highest BCUT2D eigenvalue weighted by Crippen LogP contribution is 2.16. The number of benzene rings is 1. The molecule has 1 N–H and O–H groups in total. The van der Waals surface area contributed by atoms with Crippen LogP contribution in [-0.4, -0.2) is 16.0 Å². The number of carbonyl (C=O) groups excluding carboxylic acids is 1. The monoisotopic (exact) mass is 220 g/mol. The largest absolute Gasteiger partial charge is 0.507 e. The number of hydrogen-bond donors (Lipinski definition) is 1. The van der Waals surface area contributed by atoms with Gasteiger partial charge < -0.3 is 5.11 Å². The second-order valence-corrected chi connectivity index (χ2v) is 4.25. The third-order valence-corrected chi connectivity index (χ3v) is 2.42. The van der Waals surface area contributed by atoms with E-state index in [4.69, 9.17) is 0 Å². The Balaban J connectivity index is 2.71. The zero-order chi connectivity index (χ0) is 11.3. The van der Waals surface area contributed by atoms with Gasteiger partial charge >= 0.3 is 0 Å². The number of thioether (sulfide) groups is 1. The van der Waals surface area contributed by atoms with Crippen molar-refractivity contribution in [2.45, 2.75) is 13.8 Å². The fourth-order valence-corrected chi connectivity index (χ4v) is 1.37. The van der Waals surface area contributed by atoms with Crippen LogP contribution in [0.4, 0.5) is 0 Å². The fraction of sp³-hybridized carbons (Fsp3) is 0.250. The predicted octanol–water partition coefficient (Wildman–Crippen LogP) is 2.33. The normalized spacial score (nSPS) is 9.20. The van der Waals surface area contributed by atoms with Crippen molar-refractivity contribution in [1.82, 2.24) is 0 Å². The van der Waals surface area contributed by atoms with Gasteiger partial charge in [0.25, 0.3) is 0 Å². The van der Waals surface area contributed by atoms with Crippen LogP contribution in [0.1, 0.15) is 18.1 Å². The molecule has 1 aromatic rings. The Labute approximate surface area is 93.7 Å². The zero-order valence-electron chi connectivity index (χ0n) is 8.70. The summed E-state index contributed by atoms with van der Waals surface area (Å²) in [5.74, 6) is 6.31. The van der Waals surface area contributed by atoms with Crippen molar-refractivity contribution < 1.29 is 9.90 Å². The Morgan fingerprint density at radius 2 is 2.27 bits per heavy atom. The third kappa shape index (κ3) is 4.09. The van der Waals surface area contributed by atoms with Crippen LogP contribution in [0.2, 0.25) is 0 Å². The first-order chi connectivity index (χ1) is 7.09. The van der Waals surface area contributed by atoms with Crippen LogP contribution in [0.15, 0.2) is 18.2 Å². The molecule has 0 aromatic heterocycles. The molecular weight excluding hydrogens is 208 g/mol. The molecule has 0 heterocycles. The minimum atomic E-state index is 0.0535. The number of aromatic hydroxyl groups is 1. The topological polar surface area (TPSA) is 37.3 Å². The molecule has 0 spiro atoms. The molecule has 3 heteroatoms. The molecule has 1 rings (SSSR count). The van der Waals surface area contributed by atoms with Gasteiger partial charge in [-0.25, -0.2) is 0 Å². The van der Waals surface area contributed by atoms with Crippen LogP contribution in [-0.2, 0) is 4.79 Å². The number of rotatable bonds is 1. The quantitative estimate of drug-likeness (QED) is 0.738. The van der Waals surface area contributed by atoms with Gasteiger partial charge in [-0.3, -0.25) is 4.79 Å². The van der Waals surface area contributed by atoms with E-state index in [0.717, 1.165) is 5.56 Å². The zero-order valence-corrected chi connectivity index (χ0v) is 9.52. The van der Waals surface area contributed by atoms with Crippen molar-refractivity contribution in [3.63, 3.8) is 0 Å². The summed E-state index contributed by atoms with van der Waals surface area (Å²) in [7, 11) is 0. The summed E-state index contributed by atoms with van der Waals surface area (Å²) in [6, 6.07) is 5.27. The Kier molecular flexibility index (Phi) is 4.26. The maximum Gasteiger partial charge on any atom is 0.186 e. The first-order valence-electron chi connectivity index (χ1n) is 4.51. The van der Waals surface area contributed by atoms with Crippen molar-refractivity contribution >= 4 is 16.9 Å². The standard InChI is InChI=1S/C12H12O2S/c1-9-5-6-12(14)11(8-9)4-3-7-15-10(2)13/h5-6,8,14H,7H2,1-2H3. The minimum absolute atomic E-state index is 0.0535. The molecule has 0 saturated heterocycles. The first kappa shape index (κ1) is 11.7. The van der Waals surface area contributed by atoms with Crippen molar-refractivity contribution in [2.24, 2.45) is 0 Å². The number of aryl methyl sites for hydroxylation is 1. The molecular formula is C12H12O2S. The molecule has 0 amide bonds. The van der Waals surface area contributed by atoms with Crippen LogP contribution in [0.5, 0.6) is 5.75 Å². The Bertz CT molecular complexity index is 427. The van der Waals surface area contributed by atoms with Gasteiger partial charge in [0.2, 0.25) is 0 Å². The van der Waals surface area contributed by atoms with Gasteiger partial charge in [-0.1, -0.05) is 29.7 Å². The highest BCUT2D eigenvalue weighted by Gasteiger charge is 1.96. The van der Waals surface area contributed by atoms with Crippen molar-refractivity contribution in [3.05, 3.63) is 29.3 Å². The van der Waals surface area contributed by atoms with E-state index in [1.165, 1.54) is 18.7 Å². The van der Waals surface area contributed by atoms with Crippen molar-refractivity contribution in [3.8, 4) is 17.6 Å². The summed E-state index contributed by atoms with van der Waals surface area (Å²) in [5, 5.41) is 9.52. The third-order valence-electron chi connectivity index (χ3n) is 1.72. The van der Waals surface area contributed by atoms with Gasteiger partial charge in [0.05, 0.1) is 11.3 Å². The van der Waals surface area contributed by atoms with E-state index < -0.39 is 0 Å². The van der Waals surface area contributed by atoms with Gasteiger partial charge in [0, 0.05) is 6.92 Å². The molecule has 0 fully saturated rings. The van der Waals surface area contributed by atoms with Crippen LogP contribution >= 0.6 is 11.8 Å². The molecule has 0 radical (unpaired) electrons. The number of phenols is 1. The molecule has 0 unspecified atom stereocenters. The number of phenolic OH excluding ortho intramolecular Hbond substituents is 1. The summed E-state index contributed by atoms with van der Waals surface area (Å²) >= 11 is 1.17. The molecule has 0 bridgehead atoms. The van der Waals surface area contributed by atoms with Crippen molar-refractivity contribution in [2.75, 3.05) is 5.75 Å². The minimum Gasteiger partial charge on any atom is -0.507 e. The van der Waals surface area contributed by atoms with E-state index in [1.54, 1.807) is 6.07 Å². The molecule has 78 valence electrons. The van der Waals surface area contributed by atoms with Crippen LogP contribution < -0.4 is 0 Å². The highest BCUT2D eigenvalue weighted by atomic mass is 32.2. The molecule has 1 aromatic carbocycles. The molecule has 15 heavy (non-hydrogen) atoms. The number of hydrogen-bond acceptors (Lipinski definition) is 3. The van der Waals surface area contributed by atoms with E-state index in [-0.39, 0.29) is 10.9 Å². The lowest BCUT2D eigenvalue weighted by atomic mass is 10.1. The van der Waals surface area contributed by atoms with E-state index in [1.807, 2.05) is 19.1 Å². The second-order valence-electron chi connectivity index (χ2n) is 3.10. The van der Waals surface area contributed by atoms with Gasteiger partial charge in [-0.05, 0) is 24.6 Å². The van der Waals surface area contributed by atoms with E-state index in [2.05, 4.69) is 11.8 Å². The Hall–Kier alpha value is -1.40. The van der Waals surface area contributed by atoms with Gasteiger partial charge in [0.1, 0.15) is 5.75 Å². The summed E-state index contributed by atoms with van der Waals surface area (Å²) in [4.78, 5) is 10.6. The number of carbonyl (C=O) groups is 1. The van der Waals surface area contributed by atoms with Crippen molar-refractivity contribution in [1.29, 1.82) is 0 Å². The van der Waals surface area contributed by atoms with E-state index in [9.17, 15) is 9.90 Å². The molecule has 0 atom stereocenters. The van der Waals surface area contributed by atoms with Crippen LogP contribution in [0, 0.1) is 18.8 Å². The lowest BCUT2D eigenvalue weighted by Crippen LogP contribution is -1.83. The summed E-state index contributed by atoms with van der Waals surface area (Å²) in [6.45, 7) is 3.45. The molecule has 0 saturated carbocycles. The average molecular weight is 220 g/mol. The Morgan fingerprint density at radius 3 is 2.93 bits per heavy atom. The summed E-state index contributed by atoms with van der Waals surface area (Å²) < 4.78 is 0. The van der Waals surface area contributed by atoms with E-state index >= 15 is 0 Å². The Morgan fingerprint density at radius 1 is 1.53 bits per heavy atom. The molecule has 2 nitrogen and oxygen atoms in total. The van der Waals surface area contributed by atoms with Gasteiger partial charge in [-0.15, -0.1) is 0 Å². The van der Waals surface area contributed by atoms with E-state index in [0.29, 0.717) is 11.3 Å². The average Bonchev–Trinajstić information content (AvgIpc) is 2.17. The fourth-order valence-electron chi connectivity index (χ4n) is 1.02.